The Morgan fingerprint density at radius 2 is 1.77 bits per heavy atom. The summed E-state index contributed by atoms with van der Waals surface area (Å²) >= 11 is 0. The Morgan fingerprint density at radius 1 is 1.03 bits per heavy atom. The molecule has 1 amide bonds. The smallest absolute Gasteiger partial charge is 0.255 e. The summed E-state index contributed by atoms with van der Waals surface area (Å²) in [6, 6.07) is 11.3. The van der Waals surface area contributed by atoms with E-state index in [-0.39, 0.29) is 16.3 Å². The predicted octanol–water partition coefficient (Wildman–Crippen LogP) is 2.26. The highest BCUT2D eigenvalue weighted by Gasteiger charge is 2.28. The van der Waals surface area contributed by atoms with Gasteiger partial charge in [-0.2, -0.15) is 4.31 Å². The minimum Gasteiger partial charge on any atom is -0.506 e. The lowest BCUT2D eigenvalue weighted by Gasteiger charge is -2.26. The fourth-order valence-electron chi connectivity index (χ4n) is 3.88. The van der Waals surface area contributed by atoms with Gasteiger partial charge in [0.2, 0.25) is 10.0 Å². The van der Waals surface area contributed by atoms with Crippen molar-refractivity contribution in [3.8, 4) is 5.75 Å². The third kappa shape index (κ3) is 5.07. The molecule has 0 aromatic heterocycles. The molecule has 0 atom stereocenters. The zero-order chi connectivity index (χ0) is 21.8. The summed E-state index contributed by atoms with van der Waals surface area (Å²) < 4.78 is 32.4. The normalized spacial score (nSPS) is 18.2. The number of carbonyl (C=O) groups is 1. The van der Waals surface area contributed by atoms with Crippen molar-refractivity contribution < 1.29 is 23.1 Å². The average molecular weight is 446 g/mol. The van der Waals surface area contributed by atoms with Gasteiger partial charge in [-0.15, -0.1) is 0 Å². The summed E-state index contributed by atoms with van der Waals surface area (Å²) in [6.07, 6.45) is 1.67. The van der Waals surface area contributed by atoms with Gasteiger partial charge in [-0.1, -0.05) is 12.1 Å². The van der Waals surface area contributed by atoms with Gasteiger partial charge in [0.1, 0.15) is 5.75 Å². The van der Waals surface area contributed by atoms with E-state index in [2.05, 4.69) is 10.2 Å². The number of anilines is 1. The quantitative estimate of drug-likeness (QED) is 0.662. The number of phenolic OH excluding ortho intramolecular Hbond substituents is 1. The topological polar surface area (TPSA) is 99.2 Å². The summed E-state index contributed by atoms with van der Waals surface area (Å²) in [6.45, 7) is 4.80. The molecule has 0 bridgehead atoms. The van der Waals surface area contributed by atoms with E-state index in [1.165, 1.54) is 22.5 Å². The molecule has 2 fully saturated rings. The number of nitrogens with zero attached hydrogens (tertiary/aromatic N) is 2. The molecule has 2 saturated heterocycles. The molecular weight excluding hydrogens is 418 g/mol. The first-order chi connectivity index (χ1) is 14.9. The van der Waals surface area contributed by atoms with Gasteiger partial charge in [0.15, 0.2) is 0 Å². The van der Waals surface area contributed by atoms with E-state index in [1.807, 2.05) is 18.2 Å². The summed E-state index contributed by atoms with van der Waals surface area (Å²) in [5.74, 6) is -0.590. The molecule has 4 rings (SSSR count). The first-order valence-electron chi connectivity index (χ1n) is 10.5. The highest BCUT2D eigenvalue weighted by molar-refractivity contribution is 7.89. The van der Waals surface area contributed by atoms with Crippen LogP contribution >= 0.6 is 0 Å². The van der Waals surface area contributed by atoms with Crippen LogP contribution in [0.4, 0.5) is 5.69 Å². The summed E-state index contributed by atoms with van der Waals surface area (Å²) in [7, 11) is -3.65. The average Bonchev–Trinajstić information content (AvgIpc) is 3.32. The number of rotatable bonds is 6. The fourth-order valence-corrected chi connectivity index (χ4v) is 5.42. The molecule has 2 N–H and O–H groups in total. The van der Waals surface area contributed by atoms with Gasteiger partial charge in [-0.3, -0.25) is 9.69 Å². The van der Waals surface area contributed by atoms with Crippen molar-refractivity contribution in [2.75, 3.05) is 44.7 Å². The van der Waals surface area contributed by atoms with E-state index >= 15 is 0 Å². The van der Waals surface area contributed by atoms with Crippen LogP contribution in [-0.2, 0) is 21.3 Å². The van der Waals surface area contributed by atoms with Gasteiger partial charge in [-0.25, -0.2) is 8.42 Å². The zero-order valence-electron chi connectivity index (χ0n) is 17.3. The number of phenols is 1. The van der Waals surface area contributed by atoms with Gasteiger partial charge in [-0.05, 0) is 48.7 Å². The number of hydrogen-bond acceptors (Lipinski definition) is 6. The molecule has 2 aliphatic heterocycles. The highest BCUT2D eigenvalue weighted by atomic mass is 32.2. The molecule has 0 radical (unpaired) electrons. The van der Waals surface area contributed by atoms with Crippen LogP contribution in [0, 0.1) is 0 Å². The number of morpholine rings is 1. The third-order valence-corrected chi connectivity index (χ3v) is 7.51. The van der Waals surface area contributed by atoms with Crippen molar-refractivity contribution in [2.24, 2.45) is 0 Å². The lowest BCUT2D eigenvalue weighted by molar-refractivity contribution is 0.0342. The highest BCUT2D eigenvalue weighted by Crippen LogP contribution is 2.29. The van der Waals surface area contributed by atoms with Crippen molar-refractivity contribution in [1.29, 1.82) is 0 Å². The van der Waals surface area contributed by atoms with E-state index in [1.54, 1.807) is 6.07 Å². The van der Waals surface area contributed by atoms with Gasteiger partial charge < -0.3 is 15.2 Å². The molecule has 166 valence electrons. The second-order valence-electron chi connectivity index (χ2n) is 7.83. The van der Waals surface area contributed by atoms with E-state index in [4.69, 9.17) is 4.74 Å². The van der Waals surface area contributed by atoms with E-state index in [0.29, 0.717) is 31.9 Å². The maximum atomic E-state index is 12.8. The van der Waals surface area contributed by atoms with Crippen molar-refractivity contribution >= 4 is 21.6 Å². The summed E-state index contributed by atoms with van der Waals surface area (Å²) in [5.41, 5.74) is 1.52. The lowest BCUT2D eigenvalue weighted by atomic mass is 10.1. The molecule has 2 aliphatic rings. The van der Waals surface area contributed by atoms with E-state index in [9.17, 15) is 18.3 Å². The van der Waals surface area contributed by atoms with Gasteiger partial charge in [0.25, 0.3) is 5.91 Å². The largest absolute Gasteiger partial charge is 0.506 e. The van der Waals surface area contributed by atoms with Crippen molar-refractivity contribution in [1.82, 2.24) is 9.21 Å². The van der Waals surface area contributed by atoms with Crippen LogP contribution in [0.2, 0.25) is 0 Å². The molecule has 31 heavy (non-hydrogen) atoms. The van der Waals surface area contributed by atoms with E-state index in [0.717, 1.165) is 38.0 Å². The van der Waals surface area contributed by atoms with Crippen molar-refractivity contribution in [3.05, 3.63) is 53.6 Å². The summed E-state index contributed by atoms with van der Waals surface area (Å²) in [4.78, 5) is 15.1. The second-order valence-corrected chi connectivity index (χ2v) is 9.77. The first kappa shape index (κ1) is 21.8. The number of carbonyl (C=O) groups excluding carboxylic acids is 1. The molecule has 0 unspecified atom stereocenters. The zero-order valence-corrected chi connectivity index (χ0v) is 18.1. The molecule has 2 aromatic carbocycles. The van der Waals surface area contributed by atoms with Crippen LogP contribution < -0.4 is 5.32 Å². The molecule has 2 aromatic rings. The van der Waals surface area contributed by atoms with Crippen LogP contribution in [0.5, 0.6) is 5.75 Å². The molecule has 9 heteroatoms. The van der Waals surface area contributed by atoms with Crippen LogP contribution in [0.3, 0.4) is 0 Å². The molecule has 8 nitrogen and oxygen atoms in total. The maximum Gasteiger partial charge on any atom is 0.255 e. The Balaban J connectivity index is 1.50. The first-order valence-corrected chi connectivity index (χ1v) is 11.9. The lowest BCUT2D eigenvalue weighted by Crippen LogP contribution is -2.35. The van der Waals surface area contributed by atoms with Gasteiger partial charge in [0.05, 0.1) is 23.8 Å². The van der Waals surface area contributed by atoms with Crippen LogP contribution in [0.25, 0.3) is 0 Å². The van der Waals surface area contributed by atoms with Crippen LogP contribution in [-0.4, -0.2) is 68.0 Å². The standard InChI is InChI=1S/C22H27N3O5S/c26-21-7-6-19(31(28,29)25-8-1-2-9-25)15-20(21)23-22(27)18-5-3-4-17(14-18)16-24-10-12-30-13-11-24/h3-7,14-15,26H,1-2,8-13,16H2,(H,23,27). The number of amides is 1. The van der Waals surface area contributed by atoms with E-state index < -0.39 is 15.9 Å². The number of hydrogen-bond donors (Lipinski definition) is 2. The number of sulfonamides is 1. The minimum absolute atomic E-state index is 0.0589. The maximum absolute atomic E-state index is 12.8. The van der Waals surface area contributed by atoms with Crippen molar-refractivity contribution in [2.45, 2.75) is 24.3 Å². The number of benzene rings is 2. The Morgan fingerprint density at radius 3 is 2.52 bits per heavy atom. The van der Waals surface area contributed by atoms with Crippen LogP contribution in [0.15, 0.2) is 47.4 Å². The Labute approximate surface area is 182 Å². The van der Waals surface area contributed by atoms with Gasteiger partial charge >= 0.3 is 0 Å². The van der Waals surface area contributed by atoms with Gasteiger partial charge in [0, 0.05) is 38.3 Å². The van der Waals surface area contributed by atoms with Crippen LogP contribution in [0.1, 0.15) is 28.8 Å². The molecule has 0 aliphatic carbocycles. The Kier molecular flexibility index (Phi) is 6.57. The Hall–Kier alpha value is -2.46. The molecule has 0 spiro atoms. The SMILES string of the molecule is O=C(Nc1cc(S(=O)(=O)N2CCCC2)ccc1O)c1cccc(CN2CCOCC2)c1. The molecule has 0 saturated carbocycles. The Bertz CT molecular complexity index is 1040. The summed E-state index contributed by atoms with van der Waals surface area (Å²) in [5, 5.41) is 12.8. The number of nitrogens with one attached hydrogen (secondary N) is 1. The third-order valence-electron chi connectivity index (χ3n) is 5.62. The predicted molar refractivity (Wildman–Crippen MR) is 117 cm³/mol. The minimum atomic E-state index is -3.65. The van der Waals surface area contributed by atoms with Crippen molar-refractivity contribution in [3.63, 3.8) is 0 Å². The number of aromatic hydroxyl groups is 1. The second kappa shape index (κ2) is 9.35. The molecular formula is C22H27N3O5S. The molecule has 2 heterocycles. The number of ether oxygens (including phenoxy) is 1. The fraction of sp³-hybridized carbons (Fsp3) is 0.409. The monoisotopic (exact) mass is 445 g/mol.